The maximum absolute atomic E-state index is 4.88. The molecule has 1 aliphatic rings. The van der Waals surface area contributed by atoms with E-state index >= 15 is 0 Å². The summed E-state index contributed by atoms with van der Waals surface area (Å²) in [5.41, 5.74) is 2.95. The van der Waals surface area contributed by atoms with E-state index in [1.165, 1.54) is 12.8 Å². The topological polar surface area (TPSA) is 46.3 Å². The predicted octanol–water partition coefficient (Wildman–Crippen LogP) is 2.82. The molecule has 21 heavy (non-hydrogen) atoms. The second-order valence-electron chi connectivity index (χ2n) is 6.02. The summed E-state index contributed by atoms with van der Waals surface area (Å²) in [6.45, 7) is 6.40. The molecule has 5 heteroatoms. The molecule has 1 fully saturated rings. The summed E-state index contributed by atoms with van der Waals surface area (Å²) in [4.78, 5) is 7.24. The minimum atomic E-state index is 0.705. The lowest BCUT2D eigenvalue weighted by molar-refractivity contribution is 0.445. The van der Waals surface area contributed by atoms with Crippen LogP contribution < -0.4 is 4.90 Å². The summed E-state index contributed by atoms with van der Waals surface area (Å²) < 4.78 is 2.12. The van der Waals surface area contributed by atoms with Crippen molar-refractivity contribution in [2.45, 2.75) is 26.7 Å². The summed E-state index contributed by atoms with van der Waals surface area (Å²) in [5, 5.41) is 8.64. The Bertz CT molecular complexity index is 807. The van der Waals surface area contributed by atoms with Gasteiger partial charge in [0.15, 0.2) is 5.82 Å². The number of para-hydroxylation sites is 2. The fourth-order valence-corrected chi connectivity index (χ4v) is 3.30. The Morgan fingerprint density at radius 1 is 1.19 bits per heavy atom. The molecule has 5 nitrogen and oxygen atoms in total. The van der Waals surface area contributed by atoms with Gasteiger partial charge < -0.3 is 4.90 Å². The first-order valence-electron chi connectivity index (χ1n) is 7.59. The highest BCUT2D eigenvalue weighted by molar-refractivity contribution is 5.83. The highest BCUT2D eigenvalue weighted by atomic mass is 15.3. The summed E-state index contributed by atoms with van der Waals surface area (Å²) in [6.07, 6.45) is 2.51. The van der Waals surface area contributed by atoms with E-state index in [2.05, 4.69) is 38.6 Å². The van der Waals surface area contributed by atoms with Crippen molar-refractivity contribution < 1.29 is 0 Å². The van der Waals surface area contributed by atoms with Crippen LogP contribution in [0.3, 0.4) is 0 Å². The summed E-state index contributed by atoms with van der Waals surface area (Å²) in [5.74, 6) is 2.59. The molecule has 1 atom stereocenters. The zero-order chi connectivity index (χ0) is 14.4. The normalized spacial score (nSPS) is 19.5. The molecule has 0 N–H and O–H groups in total. The summed E-state index contributed by atoms with van der Waals surface area (Å²) in [6, 6.07) is 8.20. The number of piperidine rings is 1. The van der Waals surface area contributed by atoms with Gasteiger partial charge in [0.1, 0.15) is 5.82 Å². The van der Waals surface area contributed by atoms with Gasteiger partial charge in [0.2, 0.25) is 5.65 Å². The zero-order valence-electron chi connectivity index (χ0n) is 12.5. The van der Waals surface area contributed by atoms with E-state index in [1.54, 1.807) is 0 Å². The van der Waals surface area contributed by atoms with Gasteiger partial charge in [-0.25, -0.2) is 4.98 Å². The van der Waals surface area contributed by atoms with E-state index in [0.29, 0.717) is 5.92 Å². The Hall–Kier alpha value is -2.17. The molecule has 1 aliphatic heterocycles. The lowest BCUT2D eigenvalue weighted by atomic mass is 10.0. The van der Waals surface area contributed by atoms with Crippen molar-refractivity contribution in [2.24, 2.45) is 5.92 Å². The zero-order valence-corrected chi connectivity index (χ0v) is 12.5. The summed E-state index contributed by atoms with van der Waals surface area (Å²) >= 11 is 0. The van der Waals surface area contributed by atoms with Crippen LogP contribution >= 0.6 is 0 Å². The highest BCUT2D eigenvalue weighted by Gasteiger charge is 2.22. The number of rotatable bonds is 1. The molecule has 0 radical (unpaired) electrons. The third kappa shape index (κ3) is 1.95. The molecule has 0 bridgehead atoms. The molecule has 3 heterocycles. The molecule has 0 amide bonds. The van der Waals surface area contributed by atoms with Crippen LogP contribution in [0.25, 0.3) is 16.7 Å². The van der Waals surface area contributed by atoms with Crippen LogP contribution in [-0.4, -0.2) is 32.7 Å². The van der Waals surface area contributed by atoms with Gasteiger partial charge in [0.25, 0.3) is 0 Å². The molecule has 1 saturated heterocycles. The van der Waals surface area contributed by atoms with Gasteiger partial charge in [0, 0.05) is 13.1 Å². The molecule has 2 aromatic heterocycles. The van der Waals surface area contributed by atoms with Crippen molar-refractivity contribution in [2.75, 3.05) is 18.0 Å². The average molecular weight is 281 g/mol. The predicted molar refractivity (Wildman–Crippen MR) is 83.6 cm³/mol. The highest BCUT2D eigenvalue weighted by Crippen LogP contribution is 2.27. The van der Waals surface area contributed by atoms with E-state index in [4.69, 9.17) is 4.98 Å². The van der Waals surface area contributed by atoms with Crippen LogP contribution in [0.15, 0.2) is 24.3 Å². The first-order valence-corrected chi connectivity index (χ1v) is 7.59. The van der Waals surface area contributed by atoms with E-state index in [-0.39, 0.29) is 0 Å². The Morgan fingerprint density at radius 3 is 2.90 bits per heavy atom. The van der Waals surface area contributed by atoms with Crippen molar-refractivity contribution in [3.05, 3.63) is 30.1 Å². The number of aromatic nitrogens is 4. The van der Waals surface area contributed by atoms with Crippen molar-refractivity contribution in [1.29, 1.82) is 0 Å². The first-order chi connectivity index (χ1) is 10.2. The van der Waals surface area contributed by atoms with Crippen LogP contribution in [0.1, 0.15) is 25.6 Å². The minimum absolute atomic E-state index is 0.705. The largest absolute Gasteiger partial charge is 0.353 e. The van der Waals surface area contributed by atoms with Gasteiger partial charge in [-0.1, -0.05) is 19.1 Å². The molecule has 108 valence electrons. The smallest absolute Gasteiger partial charge is 0.204 e. The lowest BCUT2D eigenvalue weighted by Gasteiger charge is -2.32. The van der Waals surface area contributed by atoms with Crippen LogP contribution in [-0.2, 0) is 0 Å². The van der Waals surface area contributed by atoms with E-state index in [0.717, 1.165) is 41.4 Å². The quantitative estimate of drug-likeness (QED) is 0.688. The summed E-state index contributed by atoms with van der Waals surface area (Å²) in [7, 11) is 0. The second-order valence-corrected chi connectivity index (χ2v) is 6.02. The fraction of sp³-hybridized carbons (Fsp3) is 0.438. The average Bonchev–Trinajstić information content (AvgIpc) is 2.89. The van der Waals surface area contributed by atoms with Gasteiger partial charge in [0.05, 0.1) is 11.0 Å². The van der Waals surface area contributed by atoms with Gasteiger partial charge >= 0.3 is 0 Å². The van der Waals surface area contributed by atoms with Crippen molar-refractivity contribution in [1.82, 2.24) is 19.6 Å². The van der Waals surface area contributed by atoms with E-state index in [1.807, 2.05) is 19.1 Å². The van der Waals surface area contributed by atoms with Crippen LogP contribution in [0.4, 0.5) is 5.82 Å². The van der Waals surface area contributed by atoms with E-state index < -0.39 is 0 Å². The molecular formula is C16H19N5. The molecule has 4 rings (SSSR count). The fourth-order valence-electron chi connectivity index (χ4n) is 3.30. The molecule has 3 aromatic rings. The molecule has 0 aliphatic carbocycles. The maximum Gasteiger partial charge on any atom is 0.204 e. The molecule has 0 unspecified atom stereocenters. The molecule has 0 saturated carbocycles. The number of hydrogen-bond acceptors (Lipinski definition) is 4. The molecular weight excluding hydrogens is 262 g/mol. The number of aryl methyl sites for hydroxylation is 1. The monoisotopic (exact) mass is 281 g/mol. The van der Waals surface area contributed by atoms with Crippen LogP contribution in [0.2, 0.25) is 0 Å². The van der Waals surface area contributed by atoms with Crippen molar-refractivity contribution in [3.8, 4) is 0 Å². The van der Waals surface area contributed by atoms with Crippen molar-refractivity contribution in [3.63, 3.8) is 0 Å². The van der Waals surface area contributed by atoms with Crippen molar-refractivity contribution >= 4 is 22.5 Å². The number of benzene rings is 1. The van der Waals surface area contributed by atoms with E-state index in [9.17, 15) is 0 Å². The minimum Gasteiger partial charge on any atom is -0.353 e. The van der Waals surface area contributed by atoms with Gasteiger partial charge in [-0.3, -0.25) is 4.40 Å². The number of nitrogens with zero attached hydrogens (tertiary/aromatic N) is 5. The SMILES string of the molecule is Cc1nnc2c(N3CCC[C@@H](C)C3)nc3ccccc3n12. The Balaban J connectivity index is 1.98. The standard InChI is InChI=1S/C16H19N5/c1-11-6-5-9-20(10-11)15-16-19-18-12(2)21(16)14-8-4-3-7-13(14)17-15/h3-4,7-8,11H,5-6,9-10H2,1-2H3/t11-/m1/s1. The molecule has 0 spiro atoms. The lowest BCUT2D eigenvalue weighted by Crippen LogP contribution is -2.35. The van der Waals surface area contributed by atoms with Gasteiger partial charge in [-0.2, -0.15) is 0 Å². The Morgan fingerprint density at radius 2 is 2.05 bits per heavy atom. The Kier molecular flexibility index (Phi) is 2.80. The first kappa shape index (κ1) is 12.6. The van der Waals surface area contributed by atoms with Gasteiger partial charge in [-0.15, -0.1) is 10.2 Å². The number of hydrogen-bond donors (Lipinski definition) is 0. The third-order valence-electron chi connectivity index (χ3n) is 4.33. The second kappa shape index (κ2) is 4.69. The Labute approximate surface area is 123 Å². The van der Waals surface area contributed by atoms with Crippen LogP contribution in [0, 0.1) is 12.8 Å². The number of fused-ring (bicyclic) bond motifs is 3. The maximum atomic E-state index is 4.88. The molecule has 1 aromatic carbocycles. The third-order valence-corrected chi connectivity index (χ3v) is 4.33. The van der Waals surface area contributed by atoms with Gasteiger partial charge in [-0.05, 0) is 37.8 Å². The van der Waals surface area contributed by atoms with Crippen LogP contribution in [0.5, 0.6) is 0 Å². The number of anilines is 1.